The predicted octanol–water partition coefficient (Wildman–Crippen LogP) is 2.90. The van der Waals surface area contributed by atoms with Crippen LogP contribution in [0.25, 0.3) is 0 Å². The summed E-state index contributed by atoms with van der Waals surface area (Å²) in [6.07, 6.45) is 0. The van der Waals surface area contributed by atoms with Crippen molar-refractivity contribution in [2.24, 2.45) is 0 Å². The zero-order valence-corrected chi connectivity index (χ0v) is 6.33. The minimum Gasteiger partial charge on any atom is -0.0843 e. The Kier molecular flexibility index (Phi) is 1.92. The van der Waals surface area contributed by atoms with Crippen LogP contribution in [0.15, 0.2) is 22.7 Å². The molecule has 0 N–H and O–H groups in total. The highest BCUT2D eigenvalue weighted by molar-refractivity contribution is 9.10. The second-order valence-corrected chi connectivity index (χ2v) is 2.65. The molecule has 0 spiro atoms. The Labute approximate surface area is 61.6 Å². The Morgan fingerprint density at radius 3 is 2.62 bits per heavy atom. The lowest BCUT2D eigenvalue weighted by Gasteiger charge is -1.85. The van der Waals surface area contributed by atoms with Gasteiger partial charge in [0.1, 0.15) is 0 Å². The fraction of sp³-hybridized carbons (Fsp3) is 0. The van der Waals surface area contributed by atoms with Gasteiger partial charge in [-0.3, -0.25) is 0 Å². The van der Waals surface area contributed by atoms with E-state index in [1.54, 1.807) is 6.07 Å². The highest BCUT2D eigenvalue weighted by Gasteiger charge is 1.84. The first-order chi connectivity index (χ1) is 3.79. The topological polar surface area (TPSA) is 0 Å². The van der Waals surface area contributed by atoms with Crippen molar-refractivity contribution in [1.29, 1.82) is 0 Å². The molecule has 2 heteroatoms. The highest BCUT2D eigenvalue weighted by atomic mass is 79.9. The number of hydrogen-bond donors (Lipinski definition) is 0. The maximum atomic E-state index is 5.56. The van der Waals surface area contributed by atoms with Crippen molar-refractivity contribution >= 4 is 27.5 Å². The smallest absolute Gasteiger partial charge is 0.0412 e. The van der Waals surface area contributed by atoms with Crippen molar-refractivity contribution in [3.63, 3.8) is 0 Å². The molecule has 1 radical (unpaired) electrons. The van der Waals surface area contributed by atoms with Gasteiger partial charge in [-0.2, -0.15) is 0 Å². The molecule has 0 heterocycles. The summed E-state index contributed by atoms with van der Waals surface area (Å²) < 4.78 is 0.932. The molecule has 0 bridgehead atoms. The summed E-state index contributed by atoms with van der Waals surface area (Å²) >= 11 is 8.79. The van der Waals surface area contributed by atoms with Crippen LogP contribution < -0.4 is 0 Å². The van der Waals surface area contributed by atoms with E-state index in [-0.39, 0.29) is 0 Å². The minimum atomic E-state index is 0.716. The van der Waals surface area contributed by atoms with Crippen molar-refractivity contribution in [1.82, 2.24) is 0 Å². The molecule has 0 aliphatic rings. The van der Waals surface area contributed by atoms with Gasteiger partial charge in [0, 0.05) is 9.50 Å². The molecule has 0 saturated heterocycles. The van der Waals surface area contributed by atoms with E-state index in [0.29, 0.717) is 5.02 Å². The van der Waals surface area contributed by atoms with E-state index in [2.05, 4.69) is 22.0 Å². The average molecular weight is 190 g/mol. The SMILES string of the molecule is Clc1c[c]c(Br)cc1. The fourth-order valence-corrected chi connectivity index (χ4v) is 0.751. The molecule has 1 rings (SSSR count). The van der Waals surface area contributed by atoms with Crippen molar-refractivity contribution < 1.29 is 0 Å². The van der Waals surface area contributed by atoms with Gasteiger partial charge in [0.05, 0.1) is 0 Å². The second-order valence-electron chi connectivity index (χ2n) is 1.35. The van der Waals surface area contributed by atoms with Gasteiger partial charge in [-0.1, -0.05) is 27.5 Å². The van der Waals surface area contributed by atoms with Crippen LogP contribution in [0.3, 0.4) is 0 Å². The van der Waals surface area contributed by atoms with E-state index in [1.165, 1.54) is 0 Å². The molecule has 0 aliphatic heterocycles. The number of benzene rings is 1. The quantitative estimate of drug-likeness (QED) is 0.590. The van der Waals surface area contributed by atoms with Crippen LogP contribution in [0, 0.1) is 6.07 Å². The van der Waals surface area contributed by atoms with Gasteiger partial charge in [0.15, 0.2) is 0 Å². The van der Waals surface area contributed by atoms with Crippen molar-refractivity contribution in [2.75, 3.05) is 0 Å². The first-order valence-electron chi connectivity index (χ1n) is 2.12. The minimum absolute atomic E-state index is 0.716. The van der Waals surface area contributed by atoms with E-state index in [1.807, 2.05) is 12.1 Å². The van der Waals surface area contributed by atoms with Crippen molar-refractivity contribution in [3.05, 3.63) is 33.8 Å². The van der Waals surface area contributed by atoms with Gasteiger partial charge in [0.25, 0.3) is 0 Å². The van der Waals surface area contributed by atoms with E-state index in [4.69, 9.17) is 11.6 Å². The number of halogens is 2. The Balaban J connectivity index is 3.03. The average Bonchev–Trinajstić information content (AvgIpc) is 1.77. The lowest BCUT2D eigenvalue weighted by Crippen LogP contribution is -1.62. The summed E-state index contributed by atoms with van der Waals surface area (Å²) in [6, 6.07) is 8.26. The Hall–Kier alpha value is -0.0100. The maximum Gasteiger partial charge on any atom is 0.0412 e. The summed E-state index contributed by atoms with van der Waals surface area (Å²) in [7, 11) is 0. The number of rotatable bonds is 0. The standard InChI is InChI=1S/C6H3BrCl/c7-5-1-3-6(8)4-2-5/h1,3-4H. The second kappa shape index (κ2) is 2.51. The van der Waals surface area contributed by atoms with Gasteiger partial charge in [-0.05, 0) is 24.3 Å². The van der Waals surface area contributed by atoms with Crippen molar-refractivity contribution in [2.45, 2.75) is 0 Å². The van der Waals surface area contributed by atoms with E-state index >= 15 is 0 Å². The largest absolute Gasteiger partial charge is 0.0843 e. The molecule has 0 atom stereocenters. The van der Waals surface area contributed by atoms with Crippen LogP contribution in [-0.4, -0.2) is 0 Å². The lowest BCUT2D eigenvalue weighted by atomic mass is 10.4. The third-order valence-corrected chi connectivity index (χ3v) is 1.47. The van der Waals surface area contributed by atoms with Crippen LogP contribution in [0.4, 0.5) is 0 Å². The Morgan fingerprint density at radius 1 is 1.50 bits per heavy atom. The molecular formula is C6H3BrCl. The van der Waals surface area contributed by atoms with Crippen molar-refractivity contribution in [3.8, 4) is 0 Å². The normalized spacial score (nSPS) is 9.25. The summed E-state index contributed by atoms with van der Waals surface area (Å²) in [5.74, 6) is 0. The fourth-order valence-electron chi connectivity index (χ4n) is 0.387. The van der Waals surface area contributed by atoms with Crippen LogP contribution in [0.1, 0.15) is 0 Å². The summed E-state index contributed by atoms with van der Waals surface area (Å²) in [6.45, 7) is 0. The molecule has 0 nitrogen and oxygen atoms in total. The van der Waals surface area contributed by atoms with Crippen LogP contribution >= 0.6 is 27.5 Å². The maximum absolute atomic E-state index is 5.56. The lowest BCUT2D eigenvalue weighted by molar-refractivity contribution is 1.63. The molecule has 0 fully saturated rings. The molecule has 0 saturated carbocycles. The van der Waals surface area contributed by atoms with Gasteiger partial charge < -0.3 is 0 Å². The predicted molar refractivity (Wildman–Crippen MR) is 38.0 cm³/mol. The Morgan fingerprint density at radius 2 is 2.25 bits per heavy atom. The molecule has 0 aromatic heterocycles. The van der Waals surface area contributed by atoms with Gasteiger partial charge >= 0.3 is 0 Å². The highest BCUT2D eigenvalue weighted by Crippen LogP contribution is 2.12. The molecule has 8 heavy (non-hydrogen) atoms. The molecule has 0 amide bonds. The van der Waals surface area contributed by atoms with Crippen LogP contribution in [0.5, 0.6) is 0 Å². The molecule has 1 aromatic carbocycles. The third-order valence-electron chi connectivity index (χ3n) is 0.737. The summed E-state index contributed by atoms with van der Waals surface area (Å²) in [4.78, 5) is 0. The summed E-state index contributed by atoms with van der Waals surface area (Å²) in [5, 5.41) is 0.716. The van der Waals surface area contributed by atoms with Gasteiger partial charge in [-0.15, -0.1) is 0 Å². The molecule has 41 valence electrons. The third kappa shape index (κ3) is 1.49. The van der Waals surface area contributed by atoms with Gasteiger partial charge in [-0.25, -0.2) is 0 Å². The van der Waals surface area contributed by atoms with E-state index in [0.717, 1.165) is 4.47 Å². The monoisotopic (exact) mass is 189 g/mol. The zero-order chi connectivity index (χ0) is 5.98. The van der Waals surface area contributed by atoms with E-state index in [9.17, 15) is 0 Å². The first kappa shape index (κ1) is 6.12. The van der Waals surface area contributed by atoms with Crippen LogP contribution in [-0.2, 0) is 0 Å². The first-order valence-corrected chi connectivity index (χ1v) is 3.29. The molecule has 0 aliphatic carbocycles. The van der Waals surface area contributed by atoms with E-state index < -0.39 is 0 Å². The summed E-state index contributed by atoms with van der Waals surface area (Å²) in [5.41, 5.74) is 0. The molecule has 1 aromatic rings. The molecular weight excluding hydrogens is 187 g/mol. The van der Waals surface area contributed by atoms with Crippen LogP contribution in [0.2, 0.25) is 5.02 Å². The van der Waals surface area contributed by atoms with Gasteiger partial charge in [0.2, 0.25) is 0 Å². The number of hydrogen-bond acceptors (Lipinski definition) is 0. The zero-order valence-electron chi connectivity index (χ0n) is 3.99. The molecule has 0 unspecified atom stereocenters. The Bertz CT molecular complexity index is 147.